The van der Waals surface area contributed by atoms with Gasteiger partial charge in [-0.2, -0.15) is 0 Å². The summed E-state index contributed by atoms with van der Waals surface area (Å²) in [5.74, 6) is -1.18. The summed E-state index contributed by atoms with van der Waals surface area (Å²) in [7, 11) is 0. The predicted octanol–water partition coefficient (Wildman–Crippen LogP) is 2.73. The van der Waals surface area contributed by atoms with Crippen LogP contribution < -0.4 is 0 Å². The molecule has 1 aromatic rings. The Bertz CT molecular complexity index is 457. The Morgan fingerprint density at radius 3 is 2.71 bits per heavy atom. The number of hydrogen-bond donors (Lipinski definition) is 1. The highest BCUT2D eigenvalue weighted by Gasteiger charge is 2.09. The molecule has 4 nitrogen and oxygen atoms in total. The molecule has 0 saturated heterocycles. The van der Waals surface area contributed by atoms with Crippen LogP contribution >= 0.6 is 11.6 Å². The average Bonchev–Trinajstić information content (AvgIpc) is 2.28. The number of carboxylic acids is 1. The summed E-state index contributed by atoms with van der Waals surface area (Å²) in [6.07, 6.45) is 2.44. The first-order valence-electron chi connectivity index (χ1n) is 5.06. The highest BCUT2D eigenvalue weighted by atomic mass is 35.5. The fraction of sp³-hybridized carbons (Fsp3) is 0.250. The predicted molar refractivity (Wildman–Crippen MR) is 64.2 cm³/mol. The molecular formula is C12H12ClNO3. The third kappa shape index (κ3) is 4.36. The van der Waals surface area contributed by atoms with Gasteiger partial charge in [0.1, 0.15) is 5.69 Å². The van der Waals surface area contributed by atoms with E-state index in [0.717, 1.165) is 0 Å². The largest absolute Gasteiger partial charge is 0.478 e. The van der Waals surface area contributed by atoms with Crippen molar-refractivity contribution in [1.82, 2.24) is 4.98 Å². The molecule has 0 bridgehead atoms. The zero-order valence-electron chi connectivity index (χ0n) is 9.15. The van der Waals surface area contributed by atoms with E-state index in [1.807, 2.05) is 0 Å². The number of aliphatic carboxylic acids is 1. The van der Waals surface area contributed by atoms with Crippen LogP contribution in [0.1, 0.15) is 29.8 Å². The number of nitrogens with zero attached hydrogens (tertiary/aromatic N) is 1. The molecule has 0 unspecified atom stereocenters. The van der Waals surface area contributed by atoms with E-state index in [1.54, 1.807) is 6.07 Å². The molecule has 90 valence electrons. The summed E-state index contributed by atoms with van der Waals surface area (Å²) in [5.41, 5.74) is 0.412. The van der Waals surface area contributed by atoms with Gasteiger partial charge in [-0.05, 0) is 25.0 Å². The SMILES string of the molecule is C=C(CCCC(=O)c1cc(Cl)ccn1)C(=O)O. The van der Waals surface area contributed by atoms with Gasteiger partial charge in [0.05, 0.1) is 0 Å². The highest BCUT2D eigenvalue weighted by molar-refractivity contribution is 6.30. The van der Waals surface area contributed by atoms with Crippen LogP contribution in [0.5, 0.6) is 0 Å². The van der Waals surface area contributed by atoms with Crippen LogP contribution in [0, 0.1) is 0 Å². The zero-order chi connectivity index (χ0) is 12.8. The number of carboxylic acid groups (broad SMARTS) is 1. The Hall–Kier alpha value is -1.68. The number of halogens is 1. The number of carbonyl (C=O) groups is 2. The first-order chi connectivity index (χ1) is 8.00. The molecular weight excluding hydrogens is 242 g/mol. The summed E-state index contributed by atoms with van der Waals surface area (Å²) >= 11 is 5.73. The number of rotatable bonds is 6. The maximum atomic E-state index is 11.7. The number of aromatic nitrogens is 1. The molecule has 1 N–H and O–H groups in total. The lowest BCUT2D eigenvalue weighted by Crippen LogP contribution is -2.04. The molecule has 0 spiro atoms. The minimum absolute atomic E-state index is 0.108. The summed E-state index contributed by atoms with van der Waals surface area (Å²) in [5, 5.41) is 9.04. The number of ketones is 1. The van der Waals surface area contributed by atoms with Gasteiger partial charge in [-0.15, -0.1) is 0 Å². The van der Waals surface area contributed by atoms with Crippen molar-refractivity contribution in [2.45, 2.75) is 19.3 Å². The molecule has 1 heterocycles. The Balaban J connectivity index is 2.46. The monoisotopic (exact) mass is 253 g/mol. The molecule has 0 aliphatic rings. The molecule has 0 atom stereocenters. The van der Waals surface area contributed by atoms with Gasteiger partial charge in [-0.25, -0.2) is 4.79 Å². The molecule has 1 rings (SSSR count). The maximum Gasteiger partial charge on any atom is 0.330 e. The molecule has 0 aromatic carbocycles. The zero-order valence-corrected chi connectivity index (χ0v) is 9.91. The molecule has 0 saturated carbocycles. The number of Topliss-reactive ketones (excluding diaryl/α,β-unsaturated/α-hetero) is 1. The van der Waals surface area contributed by atoms with Crippen LogP contribution in [-0.2, 0) is 4.79 Å². The van der Waals surface area contributed by atoms with E-state index in [4.69, 9.17) is 16.7 Å². The van der Waals surface area contributed by atoms with E-state index < -0.39 is 5.97 Å². The molecule has 0 radical (unpaired) electrons. The molecule has 0 fully saturated rings. The molecule has 5 heteroatoms. The maximum absolute atomic E-state index is 11.7. The Morgan fingerprint density at radius 1 is 1.41 bits per heavy atom. The second-order valence-corrected chi connectivity index (χ2v) is 3.98. The fourth-order valence-electron chi connectivity index (χ4n) is 1.25. The summed E-state index contributed by atoms with van der Waals surface area (Å²) in [6.45, 7) is 3.39. The normalized spacial score (nSPS) is 9.94. The number of hydrogen-bond acceptors (Lipinski definition) is 3. The van der Waals surface area contributed by atoms with Crippen LogP contribution in [0.15, 0.2) is 30.5 Å². The van der Waals surface area contributed by atoms with E-state index in [0.29, 0.717) is 23.6 Å². The van der Waals surface area contributed by atoms with Gasteiger partial charge >= 0.3 is 5.97 Å². The first-order valence-corrected chi connectivity index (χ1v) is 5.44. The van der Waals surface area contributed by atoms with Gasteiger partial charge in [0.15, 0.2) is 5.78 Å². The number of carbonyl (C=O) groups excluding carboxylic acids is 1. The van der Waals surface area contributed by atoms with Crippen molar-refractivity contribution in [2.24, 2.45) is 0 Å². The quantitative estimate of drug-likeness (QED) is 0.625. The summed E-state index contributed by atoms with van der Waals surface area (Å²) in [4.78, 5) is 26.0. The van der Waals surface area contributed by atoms with Crippen LogP contribution in [0.2, 0.25) is 5.02 Å². The van der Waals surface area contributed by atoms with E-state index in [-0.39, 0.29) is 17.8 Å². The van der Waals surface area contributed by atoms with Crippen molar-refractivity contribution in [3.8, 4) is 0 Å². The van der Waals surface area contributed by atoms with Gasteiger partial charge in [0.25, 0.3) is 0 Å². The van der Waals surface area contributed by atoms with Crippen molar-refractivity contribution in [3.63, 3.8) is 0 Å². The lowest BCUT2D eigenvalue weighted by molar-refractivity contribution is -0.132. The lowest BCUT2D eigenvalue weighted by Gasteiger charge is -2.01. The minimum atomic E-state index is -1.03. The standard InChI is InChI=1S/C12H12ClNO3/c1-8(12(16)17)3-2-4-11(15)10-7-9(13)5-6-14-10/h5-7H,1-4H2,(H,16,17). The van der Waals surface area contributed by atoms with Crippen LogP contribution in [-0.4, -0.2) is 21.8 Å². The van der Waals surface area contributed by atoms with Crippen molar-refractivity contribution in [3.05, 3.63) is 41.2 Å². The van der Waals surface area contributed by atoms with E-state index in [9.17, 15) is 9.59 Å². The van der Waals surface area contributed by atoms with Crippen LogP contribution in [0.3, 0.4) is 0 Å². The van der Waals surface area contributed by atoms with Crippen LogP contribution in [0.4, 0.5) is 0 Å². The van der Waals surface area contributed by atoms with Crippen molar-refractivity contribution >= 4 is 23.4 Å². The van der Waals surface area contributed by atoms with Crippen molar-refractivity contribution < 1.29 is 14.7 Å². The first kappa shape index (κ1) is 13.4. The highest BCUT2D eigenvalue weighted by Crippen LogP contribution is 2.12. The van der Waals surface area contributed by atoms with E-state index in [1.165, 1.54) is 12.3 Å². The molecule has 17 heavy (non-hydrogen) atoms. The van der Waals surface area contributed by atoms with Crippen molar-refractivity contribution in [1.29, 1.82) is 0 Å². The van der Waals surface area contributed by atoms with Gasteiger partial charge in [-0.1, -0.05) is 18.2 Å². The van der Waals surface area contributed by atoms with Gasteiger partial charge in [0.2, 0.25) is 0 Å². The van der Waals surface area contributed by atoms with Gasteiger partial charge in [0, 0.05) is 23.2 Å². The molecule has 0 aliphatic carbocycles. The second-order valence-electron chi connectivity index (χ2n) is 3.54. The third-order valence-electron chi connectivity index (χ3n) is 2.19. The topological polar surface area (TPSA) is 67.3 Å². The Labute approximate surface area is 104 Å². The van der Waals surface area contributed by atoms with E-state index >= 15 is 0 Å². The second kappa shape index (κ2) is 6.15. The van der Waals surface area contributed by atoms with Gasteiger partial charge in [-0.3, -0.25) is 9.78 Å². The van der Waals surface area contributed by atoms with Gasteiger partial charge < -0.3 is 5.11 Å². The Kier molecular flexibility index (Phi) is 4.84. The third-order valence-corrected chi connectivity index (χ3v) is 2.43. The fourth-order valence-corrected chi connectivity index (χ4v) is 1.41. The van der Waals surface area contributed by atoms with E-state index in [2.05, 4.69) is 11.6 Å². The lowest BCUT2D eigenvalue weighted by atomic mass is 10.1. The van der Waals surface area contributed by atoms with Crippen molar-refractivity contribution in [2.75, 3.05) is 0 Å². The molecule has 1 aromatic heterocycles. The summed E-state index contributed by atoms with van der Waals surface area (Å²) < 4.78 is 0. The Morgan fingerprint density at radius 2 is 2.12 bits per heavy atom. The molecule has 0 aliphatic heterocycles. The number of pyridine rings is 1. The minimum Gasteiger partial charge on any atom is -0.478 e. The van der Waals surface area contributed by atoms with Crippen LogP contribution in [0.25, 0.3) is 0 Å². The average molecular weight is 254 g/mol. The smallest absolute Gasteiger partial charge is 0.330 e. The summed E-state index contributed by atoms with van der Waals surface area (Å²) in [6, 6.07) is 3.08. The molecule has 0 amide bonds.